The van der Waals surface area contributed by atoms with Gasteiger partial charge in [0.05, 0.1) is 10.6 Å². The van der Waals surface area contributed by atoms with Crippen LogP contribution in [0.3, 0.4) is 0 Å². The normalized spacial score (nSPS) is 10.1. The van der Waals surface area contributed by atoms with Crippen LogP contribution in [-0.2, 0) is 0 Å². The molecule has 0 spiro atoms. The van der Waals surface area contributed by atoms with Crippen molar-refractivity contribution >= 4 is 23.6 Å². The number of carboxylic acid groups (broad SMARTS) is 1. The molecule has 0 saturated heterocycles. The minimum Gasteiger partial charge on any atom is -0.478 e. The molecule has 0 atom stereocenters. The Kier molecular flexibility index (Phi) is 4.39. The van der Waals surface area contributed by atoms with Crippen molar-refractivity contribution in [2.45, 2.75) is 0 Å². The summed E-state index contributed by atoms with van der Waals surface area (Å²) in [7, 11) is 0. The van der Waals surface area contributed by atoms with Gasteiger partial charge in [-0.25, -0.2) is 4.79 Å². The highest BCUT2D eigenvalue weighted by Crippen LogP contribution is 2.18. The van der Waals surface area contributed by atoms with Crippen molar-refractivity contribution < 1.29 is 9.90 Å². The zero-order chi connectivity index (χ0) is 12.0. The van der Waals surface area contributed by atoms with Gasteiger partial charge in [0.25, 0.3) is 0 Å². The number of azide groups is 1. The van der Waals surface area contributed by atoms with Gasteiger partial charge in [0.1, 0.15) is 0 Å². The second kappa shape index (κ2) is 5.80. The van der Waals surface area contributed by atoms with Crippen molar-refractivity contribution in [1.82, 2.24) is 0 Å². The van der Waals surface area contributed by atoms with Gasteiger partial charge in [-0.1, -0.05) is 34.9 Å². The van der Waals surface area contributed by atoms with E-state index in [1.54, 1.807) is 18.2 Å². The number of halogens is 1. The van der Waals surface area contributed by atoms with E-state index in [0.29, 0.717) is 0 Å². The average molecular weight is 238 g/mol. The molecular formula is C10H8ClN3O2. The first kappa shape index (κ1) is 12.1. The van der Waals surface area contributed by atoms with E-state index in [2.05, 4.69) is 10.0 Å². The molecule has 0 aliphatic carbocycles. The fourth-order valence-electron chi connectivity index (χ4n) is 1.08. The maximum absolute atomic E-state index is 10.7. The molecule has 16 heavy (non-hydrogen) atoms. The monoisotopic (exact) mass is 237 g/mol. The van der Waals surface area contributed by atoms with Crippen molar-refractivity contribution in [2.75, 3.05) is 6.54 Å². The molecule has 0 saturated carbocycles. The minimum absolute atomic E-state index is 0.0638. The molecule has 0 aromatic heterocycles. The summed E-state index contributed by atoms with van der Waals surface area (Å²) in [5.74, 6) is -1.06. The molecule has 0 amide bonds. The Bertz CT molecular complexity index is 479. The summed E-state index contributed by atoms with van der Waals surface area (Å²) in [6.45, 7) is 0.245. The van der Waals surface area contributed by atoms with Gasteiger partial charge in [0, 0.05) is 11.5 Å². The lowest BCUT2D eigenvalue weighted by atomic mass is 10.1. The van der Waals surface area contributed by atoms with Crippen molar-refractivity contribution in [3.05, 3.63) is 50.9 Å². The van der Waals surface area contributed by atoms with E-state index in [0.717, 1.165) is 5.56 Å². The maximum atomic E-state index is 10.7. The fraction of sp³-hybridized carbons (Fsp3) is 0.100. The van der Waals surface area contributed by atoms with Crippen LogP contribution in [-0.4, -0.2) is 17.6 Å². The molecule has 0 aliphatic heterocycles. The maximum Gasteiger partial charge on any atom is 0.337 e. The lowest BCUT2D eigenvalue weighted by Crippen LogP contribution is -1.96. The van der Waals surface area contributed by atoms with Gasteiger partial charge in [-0.15, -0.1) is 0 Å². The molecule has 1 aromatic carbocycles. The molecule has 0 aliphatic rings. The Hall–Kier alpha value is -1.97. The zero-order valence-electron chi connectivity index (χ0n) is 8.17. The van der Waals surface area contributed by atoms with Gasteiger partial charge >= 0.3 is 5.97 Å². The number of carbonyl (C=O) groups is 1. The van der Waals surface area contributed by atoms with E-state index in [4.69, 9.17) is 22.2 Å². The van der Waals surface area contributed by atoms with Gasteiger partial charge in [-0.05, 0) is 23.2 Å². The third kappa shape index (κ3) is 3.31. The largest absolute Gasteiger partial charge is 0.478 e. The van der Waals surface area contributed by atoms with Gasteiger partial charge in [-0.3, -0.25) is 0 Å². The first-order valence-electron chi connectivity index (χ1n) is 4.35. The summed E-state index contributed by atoms with van der Waals surface area (Å²) >= 11 is 5.77. The number of hydrogen-bond donors (Lipinski definition) is 1. The number of rotatable bonds is 4. The molecule has 0 unspecified atom stereocenters. The van der Waals surface area contributed by atoms with Crippen LogP contribution in [0.2, 0.25) is 5.02 Å². The van der Waals surface area contributed by atoms with Gasteiger partial charge in [0.2, 0.25) is 0 Å². The number of hydrogen-bond acceptors (Lipinski definition) is 2. The number of aromatic carboxylic acids is 1. The third-order valence-electron chi connectivity index (χ3n) is 1.78. The summed E-state index contributed by atoms with van der Waals surface area (Å²) in [5, 5.41) is 12.2. The van der Waals surface area contributed by atoms with E-state index >= 15 is 0 Å². The average Bonchev–Trinajstić information content (AvgIpc) is 2.24. The Morgan fingerprint density at radius 2 is 2.38 bits per heavy atom. The second-order valence-electron chi connectivity index (χ2n) is 2.86. The topological polar surface area (TPSA) is 86.1 Å². The smallest absolute Gasteiger partial charge is 0.337 e. The van der Waals surface area contributed by atoms with Crippen molar-refractivity contribution in [3.63, 3.8) is 0 Å². The molecular weight excluding hydrogens is 230 g/mol. The van der Waals surface area contributed by atoms with Gasteiger partial charge < -0.3 is 5.11 Å². The predicted octanol–water partition coefficient (Wildman–Crippen LogP) is 3.36. The number of benzene rings is 1. The number of nitrogens with zero attached hydrogens (tertiary/aromatic N) is 3. The molecule has 1 rings (SSSR count). The Balaban J connectivity index is 2.85. The van der Waals surface area contributed by atoms with Gasteiger partial charge in [0.15, 0.2) is 0 Å². The van der Waals surface area contributed by atoms with Gasteiger partial charge in [-0.2, -0.15) is 0 Å². The summed E-state index contributed by atoms with van der Waals surface area (Å²) < 4.78 is 0. The fourth-order valence-corrected chi connectivity index (χ4v) is 1.35. The van der Waals surface area contributed by atoms with E-state index in [-0.39, 0.29) is 17.1 Å². The first-order chi connectivity index (χ1) is 7.65. The summed E-state index contributed by atoms with van der Waals surface area (Å²) in [5.41, 5.74) is 8.86. The van der Waals surface area contributed by atoms with E-state index in [1.807, 2.05) is 0 Å². The van der Waals surface area contributed by atoms with Crippen molar-refractivity contribution in [3.8, 4) is 0 Å². The standard InChI is InChI=1S/C10H8ClN3O2/c11-9-6-7(2-1-5-13-14-12)3-4-8(9)10(15)16/h1-4,6H,5H2,(H,15,16). The highest BCUT2D eigenvalue weighted by molar-refractivity contribution is 6.33. The molecule has 0 heterocycles. The molecule has 0 radical (unpaired) electrons. The SMILES string of the molecule is [N-]=[N+]=NCC=Cc1ccc(C(=O)O)c(Cl)c1. The lowest BCUT2D eigenvalue weighted by Gasteiger charge is -1.99. The van der Waals surface area contributed by atoms with Crippen LogP contribution in [0.25, 0.3) is 16.5 Å². The molecule has 5 nitrogen and oxygen atoms in total. The zero-order valence-corrected chi connectivity index (χ0v) is 8.92. The molecule has 1 N–H and O–H groups in total. The Labute approximate surface area is 96.6 Å². The quantitative estimate of drug-likeness (QED) is 0.494. The van der Waals surface area contributed by atoms with Crippen LogP contribution in [0, 0.1) is 0 Å². The predicted molar refractivity (Wildman–Crippen MR) is 61.5 cm³/mol. The molecule has 0 fully saturated rings. The van der Waals surface area contributed by atoms with Crippen LogP contribution in [0.4, 0.5) is 0 Å². The van der Waals surface area contributed by atoms with Crippen LogP contribution in [0.15, 0.2) is 29.4 Å². The summed E-state index contributed by atoms with van der Waals surface area (Å²) in [4.78, 5) is 13.3. The van der Waals surface area contributed by atoms with Crippen LogP contribution >= 0.6 is 11.6 Å². The first-order valence-corrected chi connectivity index (χ1v) is 4.73. The highest BCUT2D eigenvalue weighted by Gasteiger charge is 2.07. The Morgan fingerprint density at radius 1 is 1.62 bits per heavy atom. The van der Waals surface area contributed by atoms with Crippen LogP contribution in [0.1, 0.15) is 15.9 Å². The number of carboxylic acids is 1. The van der Waals surface area contributed by atoms with Crippen LogP contribution in [0.5, 0.6) is 0 Å². The molecule has 6 heteroatoms. The van der Waals surface area contributed by atoms with E-state index in [9.17, 15) is 4.79 Å². The molecule has 82 valence electrons. The lowest BCUT2D eigenvalue weighted by molar-refractivity contribution is 0.0697. The van der Waals surface area contributed by atoms with Crippen molar-refractivity contribution in [1.29, 1.82) is 0 Å². The highest BCUT2D eigenvalue weighted by atomic mass is 35.5. The third-order valence-corrected chi connectivity index (χ3v) is 2.10. The summed E-state index contributed by atoms with van der Waals surface area (Å²) in [6, 6.07) is 4.59. The summed E-state index contributed by atoms with van der Waals surface area (Å²) in [6.07, 6.45) is 3.36. The van der Waals surface area contributed by atoms with Crippen LogP contribution < -0.4 is 0 Å². The molecule has 0 bridgehead atoms. The van der Waals surface area contributed by atoms with E-state index < -0.39 is 5.97 Å². The second-order valence-corrected chi connectivity index (χ2v) is 3.27. The minimum atomic E-state index is -1.06. The van der Waals surface area contributed by atoms with Crippen molar-refractivity contribution in [2.24, 2.45) is 5.11 Å². The van der Waals surface area contributed by atoms with E-state index in [1.165, 1.54) is 12.1 Å². The molecule has 1 aromatic rings. The Morgan fingerprint density at radius 3 is 2.94 bits per heavy atom.